The summed E-state index contributed by atoms with van der Waals surface area (Å²) in [5.41, 5.74) is 6.94. The minimum Gasteiger partial charge on any atom is -0.475 e. The maximum Gasteiger partial charge on any atom is 0.490 e. The molecule has 2 heterocycles. The van der Waals surface area contributed by atoms with E-state index in [9.17, 15) is 36.4 Å². The molecule has 0 bridgehead atoms. The third-order valence-electron chi connectivity index (χ3n) is 3.86. The molecule has 1 aliphatic heterocycles. The number of carboxylic acids is 2. The number of nitrogens with two attached hydrogens (primary N) is 1. The minimum atomic E-state index is -5.08. The second kappa shape index (κ2) is 12.4. The summed E-state index contributed by atoms with van der Waals surface area (Å²) in [5.74, 6) is -5.36. The molecule has 1 aromatic rings. The van der Waals surface area contributed by atoms with Crippen molar-refractivity contribution in [3.63, 3.8) is 0 Å². The van der Waals surface area contributed by atoms with Crippen molar-refractivity contribution in [2.24, 2.45) is 11.1 Å². The molecule has 1 aromatic heterocycles. The lowest BCUT2D eigenvalue weighted by Crippen LogP contribution is -2.56. The molecule has 2 rings (SSSR count). The van der Waals surface area contributed by atoms with Gasteiger partial charge in [-0.1, -0.05) is 20.8 Å². The van der Waals surface area contributed by atoms with Crippen molar-refractivity contribution in [3.05, 3.63) is 22.9 Å². The van der Waals surface area contributed by atoms with Crippen LogP contribution in [-0.2, 0) is 14.3 Å². The first-order valence-electron chi connectivity index (χ1n) is 9.79. The summed E-state index contributed by atoms with van der Waals surface area (Å²) in [6.45, 7) is 9.38. The molecule has 36 heavy (non-hydrogen) atoms. The number of carboxylic acid groups (broad SMARTS) is 2. The first-order chi connectivity index (χ1) is 16.1. The summed E-state index contributed by atoms with van der Waals surface area (Å²) in [4.78, 5) is 36.3. The molecular formula is C20H24F6N4O6. The third kappa shape index (κ3) is 11.2. The summed E-state index contributed by atoms with van der Waals surface area (Å²) in [6, 6.07) is 3.78. The van der Waals surface area contributed by atoms with Crippen LogP contribution in [0.5, 0.6) is 0 Å². The van der Waals surface area contributed by atoms with E-state index in [4.69, 9.17) is 30.3 Å². The lowest BCUT2D eigenvalue weighted by atomic mass is 9.98. The number of hydrogen-bond donors (Lipinski definition) is 3. The standard InChI is InChI=1S/C16H22N4O2.2C2HF3O2/c1-10-13(15(21)22-9-16(2,3)4)5-11(6-17)14(19-10)20-7-12(18)8-20;2*3-2(4,5)1(6)7/h5,12H,7-9,18H2,1-4H3;2*(H,6,7). The average Bonchev–Trinajstić information content (AvgIpc) is 2.68. The Morgan fingerprint density at radius 2 is 1.53 bits per heavy atom. The van der Waals surface area contributed by atoms with E-state index in [0.717, 1.165) is 0 Å². The number of hydrogen-bond acceptors (Lipinski definition) is 8. The number of carbonyl (C=O) groups is 3. The number of nitrogens with zero attached hydrogens (tertiary/aromatic N) is 3. The molecule has 0 aliphatic carbocycles. The maximum absolute atomic E-state index is 12.2. The van der Waals surface area contributed by atoms with Crippen molar-refractivity contribution in [2.75, 3.05) is 24.6 Å². The van der Waals surface area contributed by atoms with Gasteiger partial charge in [-0.2, -0.15) is 31.6 Å². The fourth-order valence-corrected chi connectivity index (χ4v) is 2.17. The zero-order valence-corrected chi connectivity index (χ0v) is 19.5. The minimum absolute atomic E-state index is 0.108. The van der Waals surface area contributed by atoms with Gasteiger partial charge in [-0.3, -0.25) is 0 Å². The Labute approximate surface area is 201 Å². The average molecular weight is 530 g/mol. The molecule has 0 atom stereocenters. The Hall–Kier alpha value is -3.61. The highest BCUT2D eigenvalue weighted by Crippen LogP contribution is 2.25. The van der Waals surface area contributed by atoms with Crippen molar-refractivity contribution >= 4 is 23.7 Å². The van der Waals surface area contributed by atoms with E-state index in [1.54, 1.807) is 13.0 Å². The van der Waals surface area contributed by atoms with Gasteiger partial charge in [0.25, 0.3) is 0 Å². The zero-order valence-electron chi connectivity index (χ0n) is 19.5. The summed E-state index contributed by atoms with van der Waals surface area (Å²) in [7, 11) is 0. The molecule has 1 aliphatic rings. The van der Waals surface area contributed by atoms with Gasteiger partial charge in [0.05, 0.1) is 23.4 Å². The number of anilines is 1. The van der Waals surface area contributed by atoms with Crippen LogP contribution in [0.25, 0.3) is 0 Å². The monoisotopic (exact) mass is 530 g/mol. The van der Waals surface area contributed by atoms with Gasteiger partial charge in [0.1, 0.15) is 11.9 Å². The number of carbonyl (C=O) groups excluding carboxylic acids is 1. The van der Waals surface area contributed by atoms with Gasteiger partial charge in [-0.05, 0) is 18.4 Å². The number of rotatable bonds is 3. The number of ether oxygens (including phenoxy) is 1. The molecule has 1 saturated heterocycles. The first-order valence-corrected chi connectivity index (χ1v) is 9.79. The highest BCUT2D eigenvalue weighted by atomic mass is 19.4. The summed E-state index contributed by atoms with van der Waals surface area (Å²) < 4.78 is 68.8. The number of esters is 1. The van der Waals surface area contributed by atoms with Gasteiger partial charge < -0.3 is 25.6 Å². The van der Waals surface area contributed by atoms with Gasteiger partial charge in [-0.15, -0.1) is 0 Å². The molecule has 4 N–H and O–H groups in total. The number of aromatic nitrogens is 1. The predicted octanol–water partition coefficient (Wildman–Crippen LogP) is 2.88. The van der Waals surface area contributed by atoms with E-state index in [-0.39, 0.29) is 11.5 Å². The van der Waals surface area contributed by atoms with Gasteiger partial charge in [-0.25, -0.2) is 19.4 Å². The van der Waals surface area contributed by atoms with Crippen molar-refractivity contribution in [2.45, 2.75) is 46.1 Å². The normalized spacial score (nSPS) is 13.7. The number of aryl methyl sites for hydroxylation is 1. The number of aliphatic carboxylic acids is 2. The van der Waals surface area contributed by atoms with Crippen LogP contribution >= 0.6 is 0 Å². The molecule has 1 fully saturated rings. The third-order valence-corrected chi connectivity index (χ3v) is 3.86. The van der Waals surface area contributed by atoms with Crippen LogP contribution < -0.4 is 10.6 Å². The summed E-state index contributed by atoms with van der Waals surface area (Å²) >= 11 is 0. The van der Waals surface area contributed by atoms with E-state index in [0.29, 0.717) is 42.3 Å². The molecule has 0 amide bonds. The molecule has 0 spiro atoms. The van der Waals surface area contributed by atoms with Crippen LogP contribution in [0.15, 0.2) is 6.07 Å². The van der Waals surface area contributed by atoms with Crippen LogP contribution in [0, 0.1) is 23.7 Å². The molecular weight excluding hydrogens is 506 g/mol. The smallest absolute Gasteiger partial charge is 0.475 e. The second-order valence-electron chi connectivity index (χ2n) is 8.51. The lowest BCUT2D eigenvalue weighted by Gasteiger charge is -2.38. The van der Waals surface area contributed by atoms with Crippen LogP contribution in [0.1, 0.15) is 42.4 Å². The largest absolute Gasteiger partial charge is 0.490 e. The fourth-order valence-electron chi connectivity index (χ4n) is 2.17. The van der Waals surface area contributed by atoms with Gasteiger partial charge in [0.2, 0.25) is 0 Å². The zero-order chi connectivity index (χ0) is 28.6. The Balaban J connectivity index is 0.000000720. The molecule has 16 heteroatoms. The SMILES string of the molecule is Cc1nc(N2CC(N)C2)c(C#N)cc1C(=O)OCC(C)(C)C.O=C(O)C(F)(F)F.O=C(O)C(F)(F)F. The molecule has 202 valence electrons. The van der Waals surface area contributed by atoms with Crippen molar-refractivity contribution in [1.82, 2.24) is 4.98 Å². The Bertz CT molecular complexity index is 969. The van der Waals surface area contributed by atoms with Crippen molar-refractivity contribution in [3.8, 4) is 6.07 Å². The Kier molecular flexibility index (Phi) is 11.1. The maximum atomic E-state index is 12.2. The summed E-state index contributed by atoms with van der Waals surface area (Å²) in [5, 5.41) is 23.6. The van der Waals surface area contributed by atoms with Crippen molar-refractivity contribution in [1.29, 1.82) is 5.26 Å². The molecule has 0 saturated carbocycles. The number of nitriles is 1. The van der Waals surface area contributed by atoms with Crippen LogP contribution in [-0.4, -0.2) is 71.2 Å². The highest BCUT2D eigenvalue weighted by Gasteiger charge is 2.39. The number of pyridine rings is 1. The van der Waals surface area contributed by atoms with Crippen LogP contribution in [0.2, 0.25) is 0 Å². The van der Waals surface area contributed by atoms with Gasteiger partial charge >= 0.3 is 30.3 Å². The van der Waals surface area contributed by atoms with E-state index in [2.05, 4.69) is 11.1 Å². The van der Waals surface area contributed by atoms with E-state index in [1.165, 1.54) is 0 Å². The molecule has 0 aromatic carbocycles. The predicted molar refractivity (Wildman–Crippen MR) is 111 cm³/mol. The molecule has 0 radical (unpaired) electrons. The topological polar surface area (TPSA) is 167 Å². The van der Waals surface area contributed by atoms with Crippen molar-refractivity contribution < 1.29 is 55.7 Å². The van der Waals surface area contributed by atoms with E-state index in [1.807, 2.05) is 25.7 Å². The second-order valence-corrected chi connectivity index (χ2v) is 8.51. The van der Waals surface area contributed by atoms with Crippen LogP contribution in [0.3, 0.4) is 0 Å². The quantitative estimate of drug-likeness (QED) is 0.391. The van der Waals surface area contributed by atoms with Gasteiger partial charge in [0.15, 0.2) is 0 Å². The van der Waals surface area contributed by atoms with E-state index >= 15 is 0 Å². The van der Waals surface area contributed by atoms with Gasteiger partial charge in [0, 0.05) is 19.1 Å². The number of alkyl halides is 6. The lowest BCUT2D eigenvalue weighted by molar-refractivity contribution is -0.193. The highest BCUT2D eigenvalue weighted by molar-refractivity contribution is 5.91. The summed E-state index contributed by atoms with van der Waals surface area (Å²) in [6.07, 6.45) is -10.2. The van der Waals surface area contributed by atoms with E-state index < -0.39 is 30.3 Å². The molecule has 0 unspecified atom stereocenters. The number of halogens is 6. The Morgan fingerprint density at radius 1 is 1.11 bits per heavy atom. The Morgan fingerprint density at radius 3 is 1.83 bits per heavy atom. The molecule has 10 nitrogen and oxygen atoms in total. The first kappa shape index (κ1) is 32.4. The fraction of sp³-hybridized carbons (Fsp3) is 0.550. The van der Waals surface area contributed by atoms with Crippen LogP contribution in [0.4, 0.5) is 32.2 Å².